The molecule has 48 heavy (non-hydrogen) atoms. The van der Waals surface area contributed by atoms with Crippen molar-refractivity contribution in [2.75, 3.05) is 26.4 Å². The van der Waals surface area contributed by atoms with Crippen LogP contribution in [0.3, 0.4) is 0 Å². The summed E-state index contributed by atoms with van der Waals surface area (Å²) in [5.41, 5.74) is -1.33. The summed E-state index contributed by atoms with van der Waals surface area (Å²) in [6.07, 6.45) is 13.4. The summed E-state index contributed by atoms with van der Waals surface area (Å²) in [5.74, 6) is 3.20. The number of aliphatic hydroxyl groups excluding tert-OH is 5. The summed E-state index contributed by atoms with van der Waals surface area (Å²) in [6.45, 7) is 16.2. The zero-order chi connectivity index (χ0) is 35.5. The fourth-order valence-corrected chi connectivity index (χ4v) is 13.8. The fourth-order valence-electron chi connectivity index (χ4n) is 13.8. The van der Waals surface area contributed by atoms with E-state index in [0.29, 0.717) is 41.9 Å². The molecular weight excluding hydrogens is 604 g/mol. The molecule has 0 unspecified atom stereocenters. The maximum Gasteiger partial charge on any atom is 0.0675 e. The predicted molar refractivity (Wildman–Crippen MR) is 190 cm³/mol. The van der Waals surface area contributed by atoms with E-state index < -0.39 is 11.2 Å². The molecular formula is C41H74O7. The molecule has 7 N–H and O–H groups in total. The molecule has 16 atom stereocenters. The van der Waals surface area contributed by atoms with Gasteiger partial charge in [0.25, 0.3) is 0 Å². The first-order valence-corrected chi connectivity index (χ1v) is 19.9. The van der Waals surface area contributed by atoms with Crippen molar-refractivity contribution in [3.8, 4) is 0 Å². The van der Waals surface area contributed by atoms with Crippen LogP contribution in [-0.2, 0) is 0 Å². The van der Waals surface area contributed by atoms with Crippen molar-refractivity contribution in [2.45, 2.75) is 156 Å². The van der Waals surface area contributed by atoms with Gasteiger partial charge in [-0.25, -0.2) is 0 Å². The minimum absolute atomic E-state index is 0.0306. The van der Waals surface area contributed by atoms with Gasteiger partial charge in [-0.05, 0) is 172 Å². The molecule has 6 rings (SSSR count). The molecule has 6 aliphatic carbocycles. The average molecular weight is 679 g/mol. The quantitative estimate of drug-likeness (QED) is 0.184. The third-order valence-electron chi connectivity index (χ3n) is 17.9. The second-order valence-corrected chi connectivity index (χ2v) is 19.7. The Morgan fingerprint density at radius 3 is 1.29 bits per heavy atom. The van der Waals surface area contributed by atoms with E-state index >= 15 is 0 Å². The van der Waals surface area contributed by atoms with E-state index in [-0.39, 0.29) is 71.9 Å². The first-order chi connectivity index (χ1) is 22.4. The van der Waals surface area contributed by atoms with E-state index in [2.05, 4.69) is 34.6 Å². The van der Waals surface area contributed by atoms with Crippen LogP contribution in [0.1, 0.15) is 138 Å². The minimum atomic E-state index is -0.643. The topological polar surface area (TPSA) is 142 Å². The second-order valence-electron chi connectivity index (χ2n) is 19.7. The SMILES string of the molecule is C[C@H]1CC[C@](C)([C@H]2CC[C@@]3(C)[C@@H](CC[C@]3(C)O)[C@@H]2CO)[C@@H](CO)C1.C[C@]1([C@H]2CC[C@@]3(C)[C@@H](CC[C@]3(C)O)[C@@H]2CO)CC[C@H](O)C[C@@H]1CO. The smallest absolute Gasteiger partial charge is 0.0675 e. The van der Waals surface area contributed by atoms with E-state index in [1.807, 2.05) is 13.8 Å². The lowest BCUT2D eigenvalue weighted by molar-refractivity contribution is -0.144. The third-order valence-corrected chi connectivity index (χ3v) is 17.9. The van der Waals surface area contributed by atoms with Gasteiger partial charge in [0.05, 0.1) is 17.3 Å². The largest absolute Gasteiger partial charge is 0.396 e. The molecule has 0 aromatic carbocycles. The molecule has 0 radical (unpaired) electrons. The normalized spacial score (nSPS) is 55.4. The number of hydrogen-bond donors (Lipinski definition) is 7. The number of fused-ring (bicyclic) bond motifs is 2. The Bertz CT molecular complexity index is 1010. The van der Waals surface area contributed by atoms with Crippen LogP contribution in [0.15, 0.2) is 0 Å². The van der Waals surface area contributed by atoms with Gasteiger partial charge in [0.2, 0.25) is 0 Å². The maximum absolute atomic E-state index is 10.9. The zero-order valence-electron chi connectivity index (χ0n) is 31.6. The van der Waals surface area contributed by atoms with Gasteiger partial charge in [0.15, 0.2) is 0 Å². The van der Waals surface area contributed by atoms with Crippen LogP contribution >= 0.6 is 0 Å². The monoisotopic (exact) mass is 679 g/mol. The first kappa shape index (κ1) is 38.9. The standard InChI is InChI=1S/C21H38O3.C20H36O4/c1-14-5-8-19(2,15(11-14)12-22)17-6-9-20(3)18(16(17)13-23)7-10-21(20,4)24;1-18(7-4-14(23)10-13(18)11-21)16-5-8-19(2)17(15(16)12-22)6-9-20(19,3)24/h14-18,22-24H,5-13H2,1-4H3;13-17,21-24H,4-12H2,1-3H3/t14-,15+,16+,17-,18-,19-,20-,21-;13-,14+,15-,16+,17+,18+,19+,20+/m01/s1. The third kappa shape index (κ3) is 6.17. The summed E-state index contributed by atoms with van der Waals surface area (Å²) >= 11 is 0. The van der Waals surface area contributed by atoms with Gasteiger partial charge >= 0.3 is 0 Å². The van der Waals surface area contributed by atoms with Crippen molar-refractivity contribution >= 4 is 0 Å². The fraction of sp³-hybridized carbons (Fsp3) is 1.00. The summed E-state index contributed by atoms with van der Waals surface area (Å²) in [5, 5.41) is 72.4. The Balaban J connectivity index is 0.000000188. The van der Waals surface area contributed by atoms with Gasteiger partial charge in [-0.2, -0.15) is 0 Å². The predicted octanol–water partition coefficient (Wildman–Crippen LogP) is 5.94. The summed E-state index contributed by atoms with van der Waals surface area (Å²) in [6, 6.07) is 0. The highest BCUT2D eigenvalue weighted by Crippen LogP contribution is 2.66. The molecule has 6 fully saturated rings. The number of aliphatic hydroxyl groups is 7. The van der Waals surface area contributed by atoms with Crippen LogP contribution in [0, 0.1) is 74.9 Å². The van der Waals surface area contributed by atoms with E-state index in [1.165, 1.54) is 12.8 Å². The Kier molecular flexibility index (Phi) is 11.3. The molecule has 0 aliphatic heterocycles. The number of rotatable bonds is 6. The van der Waals surface area contributed by atoms with Crippen LogP contribution in [-0.4, -0.2) is 79.5 Å². The lowest BCUT2D eigenvalue weighted by Crippen LogP contribution is -2.55. The molecule has 7 nitrogen and oxygen atoms in total. The first-order valence-electron chi connectivity index (χ1n) is 19.9. The van der Waals surface area contributed by atoms with E-state index in [9.17, 15) is 35.7 Å². The Labute approximate surface area is 292 Å². The average Bonchev–Trinajstić information content (AvgIpc) is 3.44. The highest BCUT2D eigenvalue weighted by atomic mass is 16.3. The molecule has 0 amide bonds. The van der Waals surface area contributed by atoms with Crippen molar-refractivity contribution in [3.63, 3.8) is 0 Å². The lowest BCUT2D eigenvalue weighted by atomic mass is 9.48. The van der Waals surface area contributed by atoms with Crippen molar-refractivity contribution in [2.24, 2.45) is 74.9 Å². The van der Waals surface area contributed by atoms with Gasteiger partial charge in [-0.3, -0.25) is 0 Å². The molecule has 0 saturated heterocycles. The molecule has 280 valence electrons. The molecule has 7 heteroatoms. The van der Waals surface area contributed by atoms with Crippen LogP contribution in [0.25, 0.3) is 0 Å². The van der Waals surface area contributed by atoms with Crippen LogP contribution in [0.5, 0.6) is 0 Å². The lowest BCUT2D eigenvalue weighted by Gasteiger charge is -2.57. The summed E-state index contributed by atoms with van der Waals surface area (Å²) in [4.78, 5) is 0. The van der Waals surface area contributed by atoms with Crippen LogP contribution in [0.2, 0.25) is 0 Å². The highest BCUT2D eigenvalue weighted by Gasteiger charge is 2.63. The van der Waals surface area contributed by atoms with Crippen molar-refractivity contribution < 1.29 is 35.7 Å². The van der Waals surface area contributed by atoms with Gasteiger partial charge in [-0.15, -0.1) is 0 Å². The minimum Gasteiger partial charge on any atom is -0.396 e. The molecule has 0 aromatic rings. The van der Waals surface area contributed by atoms with Gasteiger partial charge in [0, 0.05) is 26.4 Å². The maximum atomic E-state index is 10.9. The van der Waals surface area contributed by atoms with E-state index in [0.717, 1.165) is 70.6 Å². The molecule has 0 heterocycles. The Morgan fingerprint density at radius 1 is 0.479 bits per heavy atom. The van der Waals surface area contributed by atoms with E-state index in [1.54, 1.807) is 0 Å². The molecule has 6 saturated carbocycles. The molecule has 6 aliphatic rings. The van der Waals surface area contributed by atoms with E-state index in [4.69, 9.17) is 0 Å². The molecule has 0 spiro atoms. The van der Waals surface area contributed by atoms with Crippen molar-refractivity contribution in [1.82, 2.24) is 0 Å². The Morgan fingerprint density at radius 2 is 0.875 bits per heavy atom. The summed E-state index contributed by atoms with van der Waals surface area (Å²) in [7, 11) is 0. The Hall–Kier alpha value is -0.280. The zero-order valence-corrected chi connectivity index (χ0v) is 31.6. The van der Waals surface area contributed by atoms with Crippen molar-refractivity contribution in [1.29, 1.82) is 0 Å². The van der Waals surface area contributed by atoms with Crippen LogP contribution in [0.4, 0.5) is 0 Å². The molecule has 0 aromatic heterocycles. The van der Waals surface area contributed by atoms with Crippen LogP contribution < -0.4 is 0 Å². The van der Waals surface area contributed by atoms with Gasteiger partial charge < -0.3 is 35.7 Å². The molecule has 0 bridgehead atoms. The van der Waals surface area contributed by atoms with Gasteiger partial charge in [-0.1, -0.05) is 41.0 Å². The second kappa shape index (κ2) is 13.9. The van der Waals surface area contributed by atoms with Gasteiger partial charge in [0.1, 0.15) is 0 Å². The highest BCUT2D eigenvalue weighted by molar-refractivity contribution is 5.12. The number of hydrogen-bond acceptors (Lipinski definition) is 7. The van der Waals surface area contributed by atoms with Crippen molar-refractivity contribution in [3.05, 3.63) is 0 Å². The summed E-state index contributed by atoms with van der Waals surface area (Å²) < 4.78 is 0.